The fourth-order valence-corrected chi connectivity index (χ4v) is 3.15. The minimum atomic E-state index is 0.0269. The van der Waals surface area contributed by atoms with Crippen LogP contribution in [0.4, 0.5) is 0 Å². The summed E-state index contributed by atoms with van der Waals surface area (Å²) in [5.74, 6) is 0.883. The van der Waals surface area contributed by atoms with E-state index in [-0.39, 0.29) is 12.1 Å². The third-order valence-corrected chi connectivity index (χ3v) is 4.35. The van der Waals surface area contributed by atoms with Gasteiger partial charge in [0.25, 0.3) is 0 Å². The van der Waals surface area contributed by atoms with Crippen molar-refractivity contribution in [3.63, 3.8) is 0 Å². The number of ether oxygens (including phenoxy) is 1. The van der Waals surface area contributed by atoms with Crippen LogP contribution < -0.4 is 5.32 Å². The third-order valence-electron chi connectivity index (χ3n) is 3.49. The molecular weight excluding hydrogens is 284 g/mol. The molecule has 0 fully saturated rings. The van der Waals surface area contributed by atoms with Crippen LogP contribution in [-0.2, 0) is 4.74 Å². The summed E-state index contributed by atoms with van der Waals surface area (Å²) in [7, 11) is 1.70. The SMILES string of the molecule is COC[C@H](N[C@@H](C)c1cnc2ccsc2c1)c1ccco1. The highest BCUT2D eigenvalue weighted by atomic mass is 32.1. The number of nitrogens with one attached hydrogen (secondary N) is 1. The van der Waals surface area contributed by atoms with Crippen LogP contribution in [0, 0.1) is 0 Å². The van der Waals surface area contributed by atoms with Gasteiger partial charge < -0.3 is 9.15 Å². The molecule has 0 unspecified atom stereocenters. The fraction of sp³-hybridized carbons (Fsp3) is 0.312. The van der Waals surface area contributed by atoms with Crippen LogP contribution >= 0.6 is 11.3 Å². The maximum absolute atomic E-state index is 5.49. The van der Waals surface area contributed by atoms with Crippen molar-refractivity contribution in [1.29, 1.82) is 0 Å². The summed E-state index contributed by atoms with van der Waals surface area (Å²) < 4.78 is 12.0. The molecule has 0 aliphatic heterocycles. The molecule has 0 saturated carbocycles. The number of rotatable bonds is 6. The molecule has 0 aliphatic rings. The molecule has 5 heteroatoms. The van der Waals surface area contributed by atoms with Crippen molar-refractivity contribution >= 4 is 21.6 Å². The molecular formula is C16H18N2O2S. The minimum absolute atomic E-state index is 0.0269. The maximum atomic E-state index is 5.49. The lowest BCUT2D eigenvalue weighted by Gasteiger charge is -2.21. The van der Waals surface area contributed by atoms with Gasteiger partial charge in [-0.3, -0.25) is 10.3 Å². The largest absolute Gasteiger partial charge is 0.468 e. The Balaban J connectivity index is 1.78. The Kier molecular flexibility index (Phi) is 4.34. The normalized spacial score (nSPS) is 14.4. The van der Waals surface area contributed by atoms with Gasteiger partial charge in [-0.25, -0.2) is 0 Å². The summed E-state index contributed by atoms with van der Waals surface area (Å²) in [4.78, 5) is 4.49. The lowest BCUT2D eigenvalue weighted by atomic mass is 10.1. The molecule has 0 amide bonds. The van der Waals surface area contributed by atoms with Crippen molar-refractivity contribution in [2.24, 2.45) is 0 Å². The average Bonchev–Trinajstić information content (AvgIpc) is 3.17. The molecule has 4 nitrogen and oxygen atoms in total. The highest BCUT2D eigenvalue weighted by Crippen LogP contribution is 2.25. The minimum Gasteiger partial charge on any atom is -0.468 e. The van der Waals surface area contributed by atoms with Gasteiger partial charge in [0.1, 0.15) is 5.76 Å². The van der Waals surface area contributed by atoms with Gasteiger partial charge in [0, 0.05) is 19.3 Å². The number of hydrogen-bond acceptors (Lipinski definition) is 5. The quantitative estimate of drug-likeness (QED) is 0.749. The Morgan fingerprint density at radius 2 is 2.33 bits per heavy atom. The van der Waals surface area contributed by atoms with Crippen LogP contribution in [0.5, 0.6) is 0 Å². The van der Waals surface area contributed by atoms with Crippen molar-refractivity contribution in [1.82, 2.24) is 10.3 Å². The first-order valence-corrected chi connectivity index (χ1v) is 7.77. The zero-order valence-corrected chi connectivity index (χ0v) is 12.9. The monoisotopic (exact) mass is 302 g/mol. The average molecular weight is 302 g/mol. The molecule has 0 radical (unpaired) electrons. The Hall–Kier alpha value is -1.69. The molecule has 3 rings (SSSR count). The molecule has 110 valence electrons. The van der Waals surface area contributed by atoms with Crippen LogP contribution in [0.3, 0.4) is 0 Å². The van der Waals surface area contributed by atoms with Crippen molar-refractivity contribution < 1.29 is 9.15 Å². The Morgan fingerprint density at radius 3 is 3.10 bits per heavy atom. The van der Waals surface area contributed by atoms with Gasteiger partial charge in [-0.15, -0.1) is 11.3 Å². The second-order valence-electron chi connectivity index (χ2n) is 4.98. The third kappa shape index (κ3) is 3.15. The smallest absolute Gasteiger partial charge is 0.123 e. The van der Waals surface area contributed by atoms with E-state index in [4.69, 9.17) is 9.15 Å². The highest BCUT2D eigenvalue weighted by Gasteiger charge is 2.18. The van der Waals surface area contributed by atoms with E-state index in [1.807, 2.05) is 24.4 Å². The lowest BCUT2D eigenvalue weighted by molar-refractivity contribution is 0.152. The molecule has 1 N–H and O–H groups in total. The van der Waals surface area contributed by atoms with Crippen molar-refractivity contribution in [3.05, 3.63) is 53.4 Å². The predicted octanol–water partition coefficient (Wildman–Crippen LogP) is 3.93. The summed E-state index contributed by atoms with van der Waals surface area (Å²) >= 11 is 1.71. The Bertz CT molecular complexity index is 693. The fourth-order valence-electron chi connectivity index (χ4n) is 2.37. The van der Waals surface area contributed by atoms with E-state index >= 15 is 0 Å². The summed E-state index contributed by atoms with van der Waals surface area (Å²) in [6, 6.07) is 8.27. The zero-order valence-electron chi connectivity index (χ0n) is 12.1. The van der Waals surface area contributed by atoms with Crippen LogP contribution in [0.15, 0.2) is 46.5 Å². The van der Waals surface area contributed by atoms with Crippen LogP contribution in [0.1, 0.15) is 30.3 Å². The Morgan fingerprint density at radius 1 is 1.43 bits per heavy atom. The molecule has 0 spiro atoms. The van der Waals surface area contributed by atoms with Crippen molar-refractivity contribution in [2.45, 2.75) is 19.0 Å². The van der Waals surface area contributed by atoms with E-state index in [2.05, 4.69) is 28.7 Å². The van der Waals surface area contributed by atoms with Gasteiger partial charge in [0.15, 0.2) is 0 Å². The first kappa shape index (κ1) is 14.3. The number of furan rings is 1. The summed E-state index contributed by atoms with van der Waals surface area (Å²) in [5, 5.41) is 5.60. The molecule has 0 bridgehead atoms. The lowest BCUT2D eigenvalue weighted by Crippen LogP contribution is -2.27. The number of nitrogens with zero attached hydrogens (tertiary/aromatic N) is 1. The summed E-state index contributed by atoms with van der Waals surface area (Å²) in [6.45, 7) is 2.69. The summed E-state index contributed by atoms with van der Waals surface area (Å²) in [6.07, 6.45) is 3.61. The predicted molar refractivity (Wildman–Crippen MR) is 84.5 cm³/mol. The number of fused-ring (bicyclic) bond motifs is 1. The van der Waals surface area contributed by atoms with Gasteiger partial charge in [-0.05, 0) is 42.1 Å². The maximum Gasteiger partial charge on any atom is 0.123 e. The van der Waals surface area contributed by atoms with E-state index in [1.54, 1.807) is 24.7 Å². The first-order valence-electron chi connectivity index (χ1n) is 6.89. The molecule has 21 heavy (non-hydrogen) atoms. The van der Waals surface area contributed by atoms with Crippen LogP contribution in [-0.4, -0.2) is 18.7 Å². The van der Waals surface area contributed by atoms with Gasteiger partial charge in [0.05, 0.1) is 29.1 Å². The van der Waals surface area contributed by atoms with Gasteiger partial charge in [-0.2, -0.15) is 0 Å². The van der Waals surface area contributed by atoms with E-state index in [0.29, 0.717) is 6.61 Å². The first-order chi connectivity index (χ1) is 10.3. The zero-order chi connectivity index (χ0) is 14.7. The molecule has 3 heterocycles. The van der Waals surface area contributed by atoms with Crippen molar-refractivity contribution in [3.8, 4) is 0 Å². The van der Waals surface area contributed by atoms with Crippen LogP contribution in [0.25, 0.3) is 10.2 Å². The molecule has 3 aromatic rings. The van der Waals surface area contributed by atoms with Gasteiger partial charge in [-0.1, -0.05) is 0 Å². The number of aromatic nitrogens is 1. The number of methoxy groups -OCH3 is 1. The van der Waals surface area contributed by atoms with Gasteiger partial charge >= 0.3 is 0 Å². The molecule has 0 aromatic carbocycles. The van der Waals surface area contributed by atoms with Crippen LogP contribution in [0.2, 0.25) is 0 Å². The molecule has 2 atom stereocenters. The molecule has 0 aliphatic carbocycles. The second kappa shape index (κ2) is 6.39. The molecule has 0 saturated heterocycles. The highest BCUT2D eigenvalue weighted by molar-refractivity contribution is 7.17. The van der Waals surface area contributed by atoms with E-state index in [0.717, 1.165) is 16.8 Å². The van der Waals surface area contributed by atoms with E-state index in [9.17, 15) is 0 Å². The Labute approximate surface area is 127 Å². The van der Waals surface area contributed by atoms with Gasteiger partial charge in [0.2, 0.25) is 0 Å². The number of hydrogen-bond donors (Lipinski definition) is 1. The standard InChI is InChI=1S/C16H18N2O2S/c1-11(12-8-16-13(17-9-12)5-7-21-16)18-14(10-19-2)15-4-3-6-20-15/h3-9,11,14,18H,10H2,1-2H3/t11-,14-/m0/s1. The summed E-state index contributed by atoms with van der Waals surface area (Å²) in [5.41, 5.74) is 2.22. The topological polar surface area (TPSA) is 47.3 Å². The second-order valence-corrected chi connectivity index (χ2v) is 5.93. The van der Waals surface area contributed by atoms with E-state index in [1.165, 1.54) is 4.70 Å². The van der Waals surface area contributed by atoms with E-state index < -0.39 is 0 Å². The number of thiophene rings is 1. The number of pyridine rings is 1. The molecule has 3 aromatic heterocycles. The van der Waals surface area contributed by atoms with Crippen molar-refractivity contribution in [2.75, 3.05) is 13.7 Å².